The molecule has 2 heteroatoms. The predicted molar refractivity (Wildman–Crippen MR) is 191 cm³/mol. The molecular weight excluding hydrogens is 532 g/mol. The molecule has 1 N–H and O–H groups in total. The maximum absolute atomic E-state index is 3.80. The first-order valence-electron chi connectivity index (χ1n) is 18.8. The standard InChI is InChI=1S/C42H66N2/c1-4-6-8-10-12-14-15-17-19-27-33-40(41-43-34-36-44(41)35-28-20-18-16-13-11-9-7-5-2)42(3,39-31-25-22-26-32-39)37-38-29-23-21-24-30-38/h21-26,29-32,34,36,40H,4-20,27-28,33,35,37H2,1-3H3/p+1. The Hall–Kier alpha value is -2.35. The molecule has 3 aromatic rings. The highest BCUT2D eigenvalue weighted by atomic mass is 15.1. The van der Waals surface area contributed by atoms with Crippen LogP contribution in [0.2, 0.25) is 0 Å². The normalized spacial score (nSPS) is 13.6. The van der Waals surface area contributed by atoms with Crippen LogP contribution in [0.15, 0.2) is 73.1 Å². The molecule has 0 aliphatic rings. The Balaban J connectivity index is 1.68. The van der Waals surface area contributed by atoms with Gasteiger partial charge in [-0.25, -0.2) is 9.55 Å². The Bertz CT molecular complexity index is 1070. The van der Waals surface area contributed by atoms with E-state index in [1.165, 1.54) is 145 Å². The molecule has 0 saturated carbocycles. The first kappa shape index (κ1) is 36.1. The summed E-state index contributed by atoms with van der Waals surface area (Å²) in [6.07, 6.45) is 33.1. The van der Waals surface area contributed by atoms with E-state index in [0.717, 1.165) is 13.0 Å². The van der Waals surface area contributed by atoms with E-state index in [9.17, 15) is 0 Å². The highest BCUT2D eigenvalue weighted by molar-refractivity contribution is 5.32. The molecule has 0 radical (unpaired) electrons. The van der Waals surface area contributed by atoms with Gasteiger partial charge in [-0.2, -0.15) is 0 Å². The van der Waals surface area contributed by atoms with Gasteiger partial charge in [0.15, 0.2) is 0 Å². The summed E-state index contributed by atoms with van der Waals surface area (Å²) in [6.45, 7) is 8.28. The second-order valence-electron chi connectivity index (χ2n) is 13.8. The van der Waals surface area contributed by atoms with Crippen LogP contribution in [0.4, 0.5) is 0 Å². The number of aromatic amines is 1. The molecule has 2 aromatic carbocycles. The molecule has 244 valence electrons. The molecule has 0 saturated heterocycles. The maximum Gasteiger partial charge on any atom is 0.258 e. The van der Waals surface area contributed by atoms with E-state index in [1.54, 1.807) is 0 Å². The lowest BCUT2D eigenvalue weighted by molar-refractivity contribution is -0.705. The van der Waals surface area contributed by atoms with Gasteiger partial charge in [0.2, 0.25) is 0 Å². The van der Waals surface area contributed by atoms with Gasteiger partial charge in [0.25, 0.3) is 5.82 Å². The summed E-state index contributed by atoms with van der Waals surface area (Å²) in [5, 5.41) is 0. The maximum atomic E-state index is 3.80. The van der Waals surface area contributed by atoms with Crippen molar-refractivity contribution in [2.45, 2.75) is 173 Å². The summed E-state index contributed by atoms with van der Waals surface area (Å²) in [5.41, 5.74) is 2.90. The molecule has 2 unspecified atom stereocenters. The molecule has 44 heavy (non-hydrogen) atoms. The number of nitrogens with one attached hydrogen (secondary N) is 1. The van der Waals surface area contributed by atoms with E-state index < -0.39 is 0 Å². The number of aryl methyl sites for hydroxylation is 1. The lowest BCUT2D eigenvalue weighted by Gasteiger charge is -2.37. The number of aromatic nitrogens is 2. The number of benzene rings is 2. The number of rotatable bonds is 26. The zero-order chi connectivity index (χ0) is 31.1. The Labute approximate surface area is 272 Å². The van der Waals surface area contributed by atoms with Crippen molar-refractivity contribution in [2.75, 3.05) is 0 Å². The van der Waals surface area contributed by atoms with Gasteiger partial charge in [0.1, 0.15) is 12.4 Å². The molecule has 0 amide bonds. The number of nitrogens with zero attached hydrogens (tertiary/aromatic N) is 1. The van der Waals surface area contributed by atoms with Crippen LogP contribution in [0.3, 0.4) is 0 Å². The Morgan fingerprint density at radius 3 is 1.61 bits per heavy atom. The average Bonchev–Trinajstić information content (AvgIpc) is 3.51. The number of imidazole rings is 1. The first-order chi connectivity index (χ1) is 21.7. The minimum atomic E-state index is 0.00693. The fraction of sp³-hybridized carbons (Fsp3) is 0.643. The van der Waals surface area contributed by atoms with Gasteiger partial charge in [-0.1, -0.05) is 191 Å². The summed E-state index contributed by atoms with van der Waals surface area (Å²) >= 11 is 0. The van der Waals surface area contributed by atoms with E-state index >= 15 is 0 Å². The summed E-state index contributed by atoms with van der Waals surface area (Å²) in [4.78, 5) is 3.80. The van der Waals surface area contributed by atoms with Gasteiger partial charge in [0, 0.05) is 5.41 Å². The smallest absolute Gasteiger partial charge is 0.247 e. The third-order valence-electron chi connectivity index (χ3n) is 10.1. The molecule has 0 aliphatic carbocycles. The van der Waals surface area contributed by atoms with Crippen molar-refractivity contribution in [3.05, 3.63) is 90.0 Å². The van der Waals surface area contributed by atoms with Gasteiger partial charge in [-0.3, -0.25) is 0 Å². The molecule has 0 spiro atoms. The topological polar surface area (TPSA) is 19.7 Å². The van der Waals surface area contributed by atoms with Crippen LogP contribution < -0.4 is 4.57 Å². The van der Waals surface area contributed by atoms with E-state index in [1.807, 2.05) is 0 Å². The van der Waals surface area contributed by atoms with Crippen molar-refractivity contribution < 1.29 is 4.57 Å². The number of H-pyrrole nitrogens is 1. The Kier molecular flexibility index (Phi) is 18.2. The zero-order valence-corrected chi connectivity index (χ0v) is 29.0. The first-order valence-corrected chi connectivity index (χ1v) is 18.8. The average molecular weight is 600 g/mol. The van der Waals surface area contributed by atoms with E-state index in [-0.39, 0.29) is 5.41 Å². The third kappa shape index (κ3) is 12.9. The quantitative estimate of drug-likeness (QED) is 0.0699. The number of unbranched alkanes of at least 4 members (excludes halogenated alkanes) is 17. The van der Waals surface area contributed by atoms with Crippen LogP contribution in [0.5, 0.6) is 0 Å². The number of hydrogen-bond donors (Lipinski definition) is 1. The van der Waals surface area contributed by atoms with Crippen LogP contribution in [0.25, 0.3) is 0 Å². The highest BCUT2D eigenvalue weighted by Crippen LogP contribution is 2.43. The fourth-order valence-electron chi connectivity index (χ4n) is 7.32. The second kappa shape index (κ2) is 22.2. The number of hydrogen-bond acceptors (Lipinski definition) is 0. The fourth-order valence-corrected chi connectivity index (χ4v) is 7.32. The van der Waals surface area contributed by atoms with Crippen molar-refractivity contribution in [1.29, 1.82) is 0 Å². The van der Waals surface area contributed by atoms with Crippen molar-refractivity contribution in [2.24, 2.45) is 0 Å². The zero-order valence-electron chi connectivity index (χ0n) is 29.0. The molecular formula is C42H67N2+. The van der Waals surface area contributed by atoms with Gasteiger partial charge in [0.05, 0.1) is 12.5 Å². The molecule has 0 bridgehead atoms. The van der Waals surface area contributed by atoms with Crippen molar-refractivity contribution in [3.8, 4) is 0 Å². The van der Waals surface area contributed by atoms with Crippen molar-refractivity contribution in [3.63, 3.8) is 0 Å². The van der Waals surface area contributed by atoms with E-state index in [2.05, 4.69) is 103 Å². The second-order valence-corrected chi connectivity index (χ2v) is 13.8. The van der Waals surface area contributed by atoms with Gasteiger partial charge >= 0.3 is 0 Å². The molecule has 1 heterocycles. The predicted octanol–water partition coefficient (Wildman–Crippen LogP) is 12.4. The summed E-state index contributed by atoms with van der Waals surface area (Å²) in [7, 11) is 0. The largest absolute Gasteiger partial charge is 0.258 e. The lowest BCUT2D eigenvalue weighted by atomic mass is 9.66. The summed E-state index contributed by atoms with van der Waals surface area (Å²) < 4.78 is 2.58. The lowest BCUT2D eigenvalue weighted by Crippen LogP contribution is -2.43. The Morgan fingerprint density at radius 2 is 1.07 bits per heavy atom. The van der Waals surface area contributed by atoms with Crippen LogP contribution in [-0.4, -0.2) is 4.98 Å². The van der Waals surface area contributed by atoms with E-state index in [0.29, 0.717) is 5.92 Å². The van der Waals surface area contributed by atoms with Gasteiger partial charge in [-0.05, 0) is 36.8 Å². The highest BCUT2D eigenvalue weighted by Gasteiger charge is 2.41. The van der Waals surface area contributed by atoms with Gasteiger partial charge < -0.3 is 0 Å². The third-order valence-corrected chi connectivity index (χ3v) is 10.1. The minimum Gasteiger partial charge on any atom is -0.247 e. The van der Waals surface area contributed by atoms with Crippen molar-refractivity contribution >= 4 is 0 Å². The van der Waals surface area contributed by atoms with Gasteiger partial charge in [-0.15, -0.1) is 0 Å². The molecule has 2 nitrogen and oxygen atoms in total. The minimum absolute atomic E-state index is 0.00693. The molecule has 3 rings (SSSR count). The molecule has 2 atom stereocenters. The van der Waals surface area contributed by atoms with Crippen LogP contribution in [-0.2, 0) is 18.4 Å². The summed E-state index contributed by atoms with van der Waals surface area (Å²) in [5.74, 6) is 1.87. The Morgan fingerprint density at radius 1 is 0.591 bits per heavy atom. The molecule has 1 aromatic heterocycles. The monoisotopic (exact) mass is 600 g/mol. The van der Waals surface area contributed by atoms with Crippen LogP contribution in [0.1, 0.15) is 172 Å². The summed E-state index contributed by atoms with van der Waals surface area (Å²) in [6, 6.07) is 22.6. The van der Waals surface area contributed by atoms with Crippen LogP contribution in [0, 0.1) is 0 Å². The molecule has 0 fully saturated rings. The van der Waals surface area contributed by atoms with E-state index in [4.69, 9.17) is 0 Å². The molecule has 0 aliphatic heterocycles. The van der Waals surface area contributed by atoms with Crippen LogP contribution >= 0.6 is 0 Å². The SMILES string of the molecule is CCCCCCCCCCCCC(c1[nH]cc[n+]1CCCCCCCCCCC)C(C)(Cc1ccccc1)c1ccccc1. The van der Waals surface area contributed by atoms with Crippen molar-refractivity contribution in [1.82, 2.24) is 4.98 Å².